The first-order chi connectivity index (χ1) is 17.1. The molecule has 0 N–H and O–H groups in total. The van der Waals surface area contributed by atoms with Crippen LogP contribution in [0.25, 0.3) is 15.5 Å². The zero-order valence-corrected chi connectivity index (χ0v) is 20.4. The van der Waals surface area contributed by atoms with Crippen LogP contribution in [0.5, 0.6) is 5.75 Å². The summed E-state index contributed by atoms with van der Waals surface area (Å²) in [5, 5.41) is 5.18. The Balaban J connectivity index is 1.21. The van der Waals surface area contributed by atoms with Crippen LogP contribution in [0, 0.1) is 0 Å². The number of carbonyl (C=O) groups is 1. The summed E-state index contributed by atoms with van der Waals surface area (Å²) in [6.45, 7) is 3.47. The first kappa shape index (κ1) is 23.2. The molecule has 0 unspecified atom stereocenters. The molecule has 0 radical (unpaired) electrons. The summed E-state index contributed by atoms with van der Waals surface area (Å²) in [5.41, 5.74) is 2.60. The number of hydrogen-bond donors (Lipinski definition) is 0. The van der Waals surface area contributed by atoms with E-state index in [0.29, 0.717) is 36.0 Å². The van der Waals surface area contributed by atoms with E-state index >= 15 is 0 Å². The Morgan fingerprint density at radius 2 is 1.83 bits per heavy atom. The molecule has 2 aromatic heterocycles. The molecular weight excluding hydrogens is 462 g/mol. The molecule has 0 bridgehead atoms. The van der Waals surface area contributed by atoms with Gasteiger partial charge in [0.05, 0.1) is 12.8 Å². The summed E-state index contributed by atoms with van der Waals surface area (Å²) < 4.78 is 6.65. The molecular formula is C26H27N5O3S. The molecule has 4 aromatic rings. The molecule has 0 saturated carbocycles. The zero-order chi connectivity index (χ0) is 24.2. The van der Waals surface area contributed by atoms with Crippen molar-refractivity contribution in [2.45, 2.75) is 19.4 Å². The van der Waals surface area contributed by atoms with Crippen LogP contribution in [-0.2, 0) is 17.8 Å². The maximum absolute atomic E-state index is 12.7. The minimum atomic E-state index is -0.190. The molecule has 8 nitrogen and oxygen atoms in total. The number of amides is 1. The summed E-state index contributed by atoms with van der Waals surface area (Å²) in [6.07, 6.45) is 1.29. The lowest BCUT2D eigenvalue weighted by molar-refractivity contribution is -0.133. The third kappa shape index (κ3) is 5.41. The van der Waals surface area contributed by atoms with E-state index in [1.54, 1.807) is 13.2 Å². The van der Waals surface area contributed by atoms with Crippen LogP contribution in [0.3, 0.4) is 0 Å². The van der Waals surface area contributed by atoms with E-state index in [1.807, 2.05) is 47.4 Å². The van der Waals surface area contributed by atoms with Crippen LogP contribution < -0.4 is 10.3 Å². The monoisotopic (exact) mass is 489 g/mol. The predicted octanol–water partition coefficient (Wildman–Crippen LogP) is 3.10. The van der Waals surface area contributed by atoms with Gasteiger partial charge in [0, 0.05) is 50.8 Å². The maximum atomic E-state index is 12.7. The Hall–Kier alpha value is -3.56. The van der Waals surface area contributed by atoms with Crippen LogP contribution >= 0.6 is 11.3 Å². The van der Waals surface area contributed by atoms with Gasteiger partial charge >= 0.3 is 0 Å². The fourth-order valence-electron chi connectivity index (χ4n) is 4.25. The molecule has 1 amide bonds. The van der Waals surface area contributed by atoms with Crippen LogP contribution in [0.15, 0.2) is 65.5 Å². The largest absolute Gasteiger partial charge is 0.497 e. The van der Waals surface area contributed by atoms with Gasteiger partial charge in [-0.05, 0) is 24.1 Å². The van der Waals surface area contributed by atoms with Gasteiger partial charge in [-0.25, -0.2) is 4.98 Å². The number of benzene rings is 2. The lowest BCUT2D eigenvalue weighted by Crippen LogP contribution is -2.48. The van der Waals surface area contributed by atoms with Crippen molar-refractivity contribution in [3.05, 3.63) is 82.3 Å². The standard InChI is InChI=1S/C26H27N5O3S/c1-34-22-9-5-8-20(16-22)25-28-31-24(33)17-21(27-26(31)35-25)18-29-12-14-30(15-13-29)23(32)11-10-19-6-3-2-4-7-19/h2-9,16-17H,10-15,18H2,1H3. The van der Waals surface area contributed by atoms with E-state index in [4.69, 9.17) is 9.72 Å². The third-order valence-corrected chi connectivity index (χ3v) is 7.15. The van der Waals surface area contributed by atoms with Crippen LogP contribution in [-0.4, -0.2) is 63.6 Å². The van der Waals surface area contributed by atoms with Crippen LogP contribution in [0.1, 0.15) is 17.7 Å². The van der Waals surface area contributed by atoms with Gasteiger partial charge in [0.15, 0.2) is 0 Å². The van der Waals surface area contributed by atoms with E-state index < -0.39 is 0 Å². The van der Waals surface area contributed by atoms with E-state index in [-0.39, 0.29) is 11.5 Å². The first-order valence-corrected chi connectivity index (χ1v) is 12.5. The second-order valence-electron chi connectivity index (χ2n) is 8.56. The van der Waals surface area contributed by atoms with E-state index in [1.165, 1.54) is 21.4 Å². The number of ether oxygens (including phenoxy) is 1. The number of methoxy groups -OCH3 is 1. The number of rotatable bonds is 7. The summed E-state index contributed by atoms with van der Waals surface area (Å²) in [5.74, 6) is 0.932. The van der Waals surface area contributed by atoms with Crippen LogP contribution in [0.2, 0.25) is 0 Å². The average Bonchev–Trinajstić information content (AvgIpc) is 3.33. The Bertz CT molecular complexity index is 1380. The Kier molecular flexibility index (Phi) is 6.87. The molecule has 5 rings (SSSR count). The fourth-order valence-corrected chi connectivity index (χ4v) is 5.17. The number of fused-ring (bicyclic) bond motifs is 1. The van der Waals surface area contributed by atoms with E-state index in [9.17, 15) is 9.59 Å². The highest BCUT2D eigenvalue weighted by Gasteiger charge is 2.22. The number of carbonyl (C=O) groups excluding carboxylic acids is 1. The lowest BCUT2D eigenvalue weighted by Gasteiger charge is -2.34. The second-order valence-corrected chi connectivity index (χ2v) is 9.52. The Labute approximate surface area is 207 Å². The summed E-state index contributed by atoms with van der Waals surface area (Å²) in [6, 6.07) is 19.3. The normalized spacial score (nSPS) is 14.4. The molecule has 180 valence electrons. The van der Waals surface area contributed by atoms with Gasteiger partial charge in [0.2, 0.25) is 10.9 Å². The van der Waals surface area contributed by atoms with Crippen molar-refractivity contribution in [1.29, 1.82) is 0 Å². The van der Waals surface area contributed by atoms with Crippen molar-refractivity contribution in [1.82, 2.24) is 24.4 Å². The van der Waals surface area contributed by atoms with Crippen molar-refractivity contribution in [3.63, 3.8) is 0 Å². The number of hydrogen-bond acceptors (Lipinski definition) is 7. The summed E-state index contributed by atoms with van der Waals surface area (Å²) in [7, 11) is 1.62. The van der Waals surface area contributed by atoms with E-state index in [0.717, 1.165) is 36.5 Å². The van der Waals surface area contributed by atoms with Crippen molar-refractivity contribution in [2.75, 3.05) is 33.3 Å². The van der Waals surface area contributed by atoms with Gasteiger partial charge < -0.3 is 9.64 Å². The number of nitrogens with zero attached hydrogens (tertiary/aromatic N) is 5. The van der Waals surface area contributed by atoms with Crippen molar-refractivity contribution in [3.8, 4) is 16.3 Å². The highest BCUT2D eigenvalue weighted by atomic mass is 32.1. The Morgan fingerprint density at radius 3 is 2.60 bits per heavy atom. The molecule has 1 fully saturated rings. The molecule has 1 aliphatic heterocycles. The summed E-state index contributed by atoms with van der Waals surface area (Å²) >= 11 is 1.38. The van der Waals surface area contributed by atoms with Crippen molar-refractivity contribution in [2.24, 2.45) is 0 Å². The number of piperazine rings is 1. The SMILES string of the molecule is COc1cccc(-c2nn3c(=O)cc(CN4CCN(C(=O)CCc5ccccc5)CC4)nc3s2)c1. The molecule has 2 aromatic carbocycles. The fraction of sp³-hybridized carbons (Fsp3) is 0.308. The highest BCUT2D eigenvalue weighted by Crippen LogP contribution is 2.27. The smallest absolute Gasteiger partial charge is 0.275 e. The quantitative estimate of drug-likeness (QED) is 0.397. The van der Waals surface area contributed by atoms with Crippen LogP contribution in [0.4, 0.5) is 0 Å². The maximum Gasteiger partial charge on any atom is 0.275 e. The number of aromatic nitrogens is 3. The minimum Gasteiger partial charge on any atom is -0.497 e. The van der Waals surface area contributed by atoms with Gasteiger partial charge in [0.1, 0.15) is 10.8 Å². The zero-order valence-electron chi connectivity index (χ0n) is 19.6. The molecule has 35 heavy (non-hydrogen) atoms. The van der Waals surface area contributed by atoms with Gasteiger partial charge in [-0.15, -0.1) is 0 Å². The predicted molar refractivity (Wildman–Crippen MR) is 136 cm³/mol. The molecule has 0 spiro atoms. The molecule has 1 saturated heterocycles. The third-order valence-electron chi connectivity index (χ3n) is 6.20. The van der Waals surface area contributed by atoms with Gasteiger partial charge in [-0.3, -0.25) is 14.5 Å². The Morgan fingerprint density at radius 1 is 1.03 bits per heavy atom. The first-order valence-electron chi connectivity index (χ1n) is 11.7. The number of aryl methyl sites for hydroxylation is 1. The molecule has 1 aliphatic rings. The van der Waals surface area contributed by atoms with E-state index in [2.05, 4.69) is 22.1 Å². The molecule has 9 heteroatoms. The summed E-state index contributed by atoms with van der Waals surface area (Å²) in [4.78, 5) is 34.8. The topological polar surface area (TPSA) is 80.0 Å². The van der Waals surface area contributed by atoms with Gasteiger partial charge in [0.25, 0.3) is 5.56 Å². The molecule has 0 aliphatic carbocycles. The highest BCUT2D eigenvalue weighted by molar-refractivity contribution is 7.19. The van der Waals surface area contributed by atoms with Gasteiger partial charge in [-0.1, -0.05) is 53.8 Å². The molecule has 0 atom stereocenters. The van der Waals surface area contributed by atoms with Crippen molar-refractivity contribution >= 4 is 22.2 Å². The second kappa shape index (κ2) is 10.4. The van der Waals surface area contributed by atoms with Gasteiger partial charge in [-0.2, -0.15) is 9.61 Å². The molecule has 3 heterocycles. The average molecular weight is 490 g/mol. The lowest BCUT2D eigenvalue weighted by atomic mass is 10.1. The van der Waals surface area contributed by atoms with Crippen molar-refractivity contribution < 1.29 is 9.53 Å². The minimum absolute atomic E-state index is 0.190.